The SMILES string of the molecule is COc1cccc(Cl)c1-c1nc(O)c(C)c(=O)[nH]1. The minimum Gasteiger partial charge on any atom is -0.496 e. The second kappa shape index (κ2) is 4.70. The van der Waals surface area contributed by atoms with E-state index in [1.54, 1.807) is 18.2 Å². The van der Waals surface area contributed by atoms with Gasteiger partial charge in [0.25, 0.3) is 5.56 Å². The van der Waals surface area contributed by atoms with Crippen LogP contribution in [-0.4, -0.2) is 22.2 Å². The fourth-order valence-electron chi connectivity index (χ4n) is 1.54. The van der Waals surface area contributed by atoms with Gasteiger partial charge < -0.3 is 14.8 Å². The van der Waals surface area contributed by atoms with E-state index in [9.17, 15) is 9.90 Å². The Balaban J connectivity index is 2.73. The standard InChI is InChI=1S/C12H11ClN2O3/c1-6-11(16)14-10(15-12(6)17)9-7(13)4-3-5-8(9)18-2/h3-5H,1-2H3,(H2,14,15,16,17). The van der Waals surface area contributed by atoms with E-state index in [1.165, 1.54) is 14.0 Å². The summed E-state index contributed by atoms with van der Waals surface area (Å²) in [6.07, 6.45) is 0. The van der Waals surface area contributed by atoms with Crippen LogP contribution in [0.3, 0.4) is 0 Å². The van der Waals surface area contributed by atoms with E-state index in [0.29, 0.717) is 16.3 Å². The first-order valence-corrected chi connectivity index (χ1v) is 5.55. The molecule has 2 N–H and O–H groups in total. The van der Waals surface area contributed by atoms with Gasteiger partial charge in [0, 0.05) is 0 Å². The van der Waals surface area contributed by atoms with Crippen LogP contribution in [0.15, 0.2) is 23.0 Å². The third-order valence-electron chi connectivity index (χ3n) is 2.56. The number of benzene rings is 1. The number of halogens is 1. The van der Waals surface area contributed by atoms with E-state index >= 15 is 0 Å². The summed E-state index contributed by atoms with van der Waals surface area (Å²) in [6, 6.07) is 5.06. The van der Waals surface area contributed by atoms with Crippen LogP contribution >= 0.6 is 11.6 Å². The van der Waals surface area contributed by atoms with Crippen molar-refractivity contribution in [2.75, 3.05) is 7.11 Å². The molecule has 0 unspecified atom stereocenters. The Morgan fingerprint density at radius 1 is 1.44 bits per heavy atom. The van der Waals surface area contributed by atoms with Gasteiger partial charge in [-0.25, -0.2) is 0 Å². The topological polar surface area (TPSA) is 75.2 Å². The predicted molar refractivity (Wildman–Crippen MR) is 68.3 cm³/mol. The van der Waals surface area contributed by atoms with Gasteiger partial charge in [0.05, 0.1) is 23.3 Å². The normalized spacial score (nSPS) is 10.4. The highest BCUT2D eigenvalue weighted by Crippen LogP contribution is 2.34. The lowest BCUT2D eigenvalue weighted by molar-refractivity contribution is 0.415. The molecular formula is C12H11ClN2O3. The first-order chi connectivity index (χ1) is 8.54. The molecule has 0 saturated heterocycles. The molecule has 2 rings (SSSR count). The lowest BCUT2D eigenvalue weighted by Gasteiger charge is -2.10. The van der Waals surface area contributed by atoms with Crippen LogP contribution in [0.25, 0.3) is 11.4 Å². The molecule has 1 aromatic carbocycles. The van der Waals surface area contributed by atoms with Crippen LogP contribution in [0, 0.1) is 6.92 Å². The summed E-state index contributed by atoms with van der Waals surface area (Å²) in [4.78, 5) is 18.1. The Labute approximate surface area is 108 Å². The van der Waals surface area contributed by atoms with E-state index in [1.807, 2.05) is 0 Å². The molecule has 0 amide bonds. The molecule has 5 nitrogen and oxygen atoms in total. The van der Waals surface area contributed by atoms with E-state index in [4.69, 9.17) is 16.3 Å². The van der Waals surface area contributed by atoms with Gasteiger partial charge in [0.2, 0.25) is 5.88 Å². The van der Waals surface area contributed by atoms with Crippen molar-refractivity contribution in [1.29, 1.82) is 0 Å². The maximum Gasteiger partial charge on any atom is 0.257 e. The lowest BCUT2D eigenvalue weighted by atomic mass is 10.2. The number of ether oxygens (including phenoxy) is 1. The van der Waals surface area contributed by atoms with E-state index in [2.05, 4.69) is 9.97 Å². The van der Waals surface area contributed by atoms with Gasteiger partial charge in [-0.2, -0.15) is 4.98 Å². The van der Waals surface area contributed by atoms with E-state index in [0.717, 1.165) is 0 Å². The zero-order valence-electron chi connectivity index (χ0n) is 9.82. The van der Waals surface area contributed by atoms with E-state index < -0.39 is 5.56 Å². The van der Waals surface area contributed by atoms with Crippen LogP contribution < -0.4 is 10.3 Å². The molecule has 0 aliphatic heterocycles. The molecular weight excluding hydrogens is 256 g/mol. The zero-order chi connectivity index (χ0) is 13.3. The van der Waals surface area contributed by atoms with Crippen LogP contribution in [0.1, 0.15) is 5.56 Å². The van der Waals surface area contributed by atoms with Crippen molar-refractivity contribution < 1.29 is 9.84 Å². The van der Waals surface area contributed by atoms with Crippen LogP contribution in [0.4, 0.5) is 0 Å². The van der Waals surface area contributed by atoms with Crippen molar-refractivity contribution in [3.8, 4) is 23.0 Å². The minimum atomic E-state index is -0.417. The highest BCUT2D eigenvalue weighted by Gasteiger charge is 2.15. The Bertz CT molecular complexity index is 652. The van der Waals surface area contributed by atoms with Crippen molar-refractivity contribution in [2.45, 2.75) is 6.92 Å². The first-order valence-electron chi connectivity index (χ1n) is 5.17. The number of nitrogens with one attached hydrogen (secondary N) is 1. The van der Waals surface area contributed by atoms with Gasteiger partial charge in [0.15, 0.2) is 0 Å². The molecule has 0 radical (unpaired) electrons. The highest BCUT2D eigenvalue weighted by molar-refractivity contribution is 6.33. The van der Waals surface area contributed by atoms with Gasteiger partial charge in [-0.15, -0.1) is 0 Å². The van der Waals surface area contributed by atoms with Crippen molar-refractivity contribution in [3.05, 3.63) is 39.1 Å². The molecule has 2 aromatic rings. The number of aromatic amines is 1. The molecule has 6 heteroatoms. The summed E-state index contributed by atoms with van der Waals surface area (Å²) in [6.45, 7) is 1.48. The van der Waals surface area contributed by atoms with Gasteiger partial charge in [-0.05, 0) is 19.1 Å². The molecule has 18 heavy (non-hydrogen) atoms. The molecule has 0 fully saturated rings. The summed E-state index contributed by atoms with van der Waals surface area (Å²) < 4.78 is 5.16. The largest absolute Gasteiger partial charge is 0.496 e. The number of nitrogens with zero attached hydrogens (tertiary/aromatic N) is 1. The average Bonchev–Trinajstić information content (AvgIpc) is 2.35. The smallest absolute Gasteiger partial charge is 0.257 e. The van der Waals surface area contributed by atoms with Crippen LogP contribution in [-0.2, 0) is 0 Å². The van der Waals surface area contributed by atoms with Crippen molar-refractivity contribution in [2.24, 2.45) is 0 Å². The van der Waals surface area contributed by atoms with E-state index in [-0.39, 0.29) is 17.3 Å². The fourth-order valence-corrected chi connectivity index (χ4v) is 1.80. The Hall–Kier alpha value is -2.01. The zero-order valence-corrected chi connectivity index (χ0v) is 10.6. The third-order valence-corrected chi connectivity index (χ3v) is 2.87. The number of aromatic nitrogens is 2. The minimum absolute atomic E-state index is 0.157. The second-order valence-electron chi connectivity index (χ2n) is 3.68. The van der Waals surface area contributed by atoms with Crippen LogP contribution in [0.2, 0.25) is 5.02 Å². The van der Waals surface area contributed by atoms with Crippen molar-refractivity contribution in [3.63, 3.8) is 0 Å². The number of aromatic hydroxyl groups is 1. The quantitative estimate of drug-likeness (QED) is 0.873. The molecule has 1 heterocycles. The second-order valence-corrected chi connectivity index (χ2v) is 4.09. The highest BCUT2D eigenvalue weighted by atomic mass is 35.5. The summed E-state index contributed by atoms with van der Waals surface area (Å²) in [7, 11) is 1.49. The lowest BCUT2D eigenvalue weighted by Crippen LogP contribution is -2.12. The number of methoxy groups -OCH3 is 1. The van der Waals surface area contributed by atoms with Gasteiger partial charge in [-0.3, -0.25) is 4.79 Å². The van der Waals surface area contributed by atoms with Gasteiger partial charge in [0.1, 0.15) is 11.6 Å². The molecule has 1 aromatic heterocycles. The Kier molecular flexibility index (Phi) is 3.25. The Morgan fingerprint density at radius 2 is 2.17 bits per heavy atom. The molecule has 94 valence electrons. The number of H-pyrrole nitrogens is 1. The molecule has 0 aliphatic rings. The average molecular weight is 267 g/mol. The maximum atomic E-state index is 11.6. The summed E-state index contributed by atoms with van der Waals surface area (Å²) in [5.41, 5.74) is 0.179. The maximum absolute atomic E-state index is 11.6. The number of rotatable bonds is 2. The molecule has 0 saturated carbocycles. The molecule has 0 bridgehead atoms. The predicted octanol–water partition coefficient (Wildman–Crippen LogP) is 2.11. The van der Waals surface area contributed by atoms with Gasteiger partial charge in [-0.1, -0.05) is 17.7 Å². The monoisotopic (exact) mass is 266 g/mol. The van der Waals surface area contributed by atoms with Gasteiger partial charge >= 0.3 is 0 Å². The van der Waals surface area contributed by atoms with Crippen LogP contribution in [0.5, 0.6) is 11.6 Å². The third kappa shape index (κ3) is 2.04. The van der Waals surface area contributed by atoms with Crippen molar-refractivity contribution in [1.82, 2.24) is 9.97 Å². The molecule has 0 aliphatic carbocycles. The summed E-state index contributed by atoms with van der Waals surface area (Å²) in [5, 5.41) is 9.96. The first kappa shape index (κ1) is 12.4. The summed E-state index contributed by atoms with van der Waals surface area (Å²) >= 11 is 6.06. The molecule has 0 atom stereocenters. The Morgan fingerprint density at radius 3 is 2.78 bits per heavy atom. The number of hydrogen-bond acceptors (Lipinski definition) is 4. The van der Waals surface area contributed by atoms with Crippen molar-refractivity contribution >= 4 is 11.6 Å². The fraction of sp³-hybridized carbons (Fsp3) is 0.167. The summed E-state index contributed by atoms with van der Waals surface area (Å²) in [5.74, 6) is 0.315. The number of hydrogen-bond donors (Lipinski definition) is 2. The molecule has 0 spiro atoms.